The van der Waals surface area contributed by atoms with Gasteiger partial charge < -0.3 is 14.8 Å². The Balaban J connectivity index is 1.83. The molecule has 1 N–H and O–H groups in total. The Morgan fingerprint density at radius 3 is 2.55 bits per heavy atom. The zero-order valence-electron chi connectivity index (χ0n) is 16.0. The largest absolute Gasteiger partial charge is 0.496 e. The average molecular weight is 474 g/mol. The minimum Gasteiger partial charge on any atom is -0.496 e. The predicted octanol–water partition coefficient (Wildman–Crippen LogP) is 5.66. The minimum absolute atomic E-state index is 0.0555. The first-order valence-corrected chi connectivity index (χ1v) is 10.7. The monoisotopic (exact) mass is 473 g/mol. The smallest absolute Gasteiger partial charge is 0.341 e. The Morgan fingerprint density at radius 1 is 1.14 bits per heavy atom. The molecule has 3 rings (SSSR count). The molecule has 0 aliphatic rings. The normalized spacial score (nSPS) is 10.4. The van der Waals surface area contributed by atoms with Crippen LogP contribution in [0.1, 0.15) is 27.6 Å². The summed E-state index contributed by atoms with van der Waals surface area (Å²) in [5, 5.41) is 5.63. The maximum atomic E-state index is 12.6. The van der Waals surface area contributed by atoms with Gasteiger partial charge in [0.25, 0.3) is 0 Å². The van der Waals surface area contributed by atoms with E-state index in [0.29, 0.717) is 26.4 Å². The lowest BCUT2D eigenvalue weighted by Gasteiger charge is -2.10. The van der Waals surface area contributed by atoms with Gasteiger partial charge in [0.2, 0.25) is 0 Å². The highest BCUT2D eigenvalue weighted by Crippen LogP contribution is 2.36. The van der Waals surface area contributed by atoms with Gasteiger partial charge in [0.15, 0.2) is 5.78 Å². The molecule has 3 aromatic rings. The highest BCUT2D eigenvalue weighted by atomic mass is 79.9. The molecule has 0 atom stereocenters. The number of ketones is 1. The maximum Gasteiger partial charge on any atom is 0.341 e. The number of carbonyl (C=O) groups is 2. The molecular weight excluding hydrogens is 454 g/mol. The molecule has 1 aromatic heterocycles. The van der Waals surface area contributed by atoms with Gasteiger partial charge in [0.05, 0.1) is 24.7 Å². The van der Waals surface area contributed by atoms with Crippen LogP contribution in [-0.4, -0.2) is 32.0 Å². The van der Waals surface area contributed by atoms with Gasteiger partial charge in [-0.3, -0.25) is 4.79 Å². The summed E-state index contributed by atoms with van der Waals surface area (Å²) in [7, 11) is 1.57. The molecule has 0 aliphatic carbocycles. The maximum absolute atomic E-state index is 12.6. The lowest BCUT2D eigenvalue weighted by molar-refractivity contribution is 0.0528. The van der Waals surface area contributed by atoms with E-state index < -0.39 is 5.97 Å². The van der Waals surface area contributed by atoms with E-state index in [-0.39, 0.29) is 18.9 Å². The van der Waals surface area contributed by atoms with Crippen molar-refractivity contribution >= 4 is 44.0 Å². The number of rotatable bonds is 8. The number of anilines is 1. The summed E-state index contributed by atoms with van der Waals surface area (Å²) in [5.41, 5.74) is 2.70. The number of hydrogen-bond donors (Lipinski definition) is 1. The molecule has 0 amide bonds. The summed E-state index contributed by atoms with van der Waals surface area (Å²) < 4.78 is 11.1. The summed E-state index contributed by atoms with van der Waals surface area (Å²) in [4.78, 5) is 25.2. The van der Waals surface area contributed by atoms with Gasteiger partial charge in [-0.2, -0.15) is 0 Å². The number of halogens is 1. The molecule has 5 nitrogen and oxygen atoms in total. The van der Waals surface area contributed by atoms with Gasteiger partial charge >= 0.3 is 5.97 Å². The third-order valence-corrected chi connectivity index (χ3v) is 5.80. The molecule has 0 saturated carbocycles. The molecule has 0 unspecified atom stereocenters. The Kier molecular flexibility index (Phi) is 7.06. The zero-order valence-corrected chi connectivity index (χ0v) is 18.4. The van der Waals surface area contributed by atoms with Crippen LogP contribution in [-0.2, 0) is 4.74 Å². The number of thiophene rings is 1. The fourth-order valence-corrected chi connectivity index (χ4v) is 4.32. The Bertz CT molecular complexity index is 1020. The fourth-order valence-electron chi connectivity index (χ4n) is 2.83. The summed E-state index contributed by atoms with van der Waals surface area (Å²) >= 11 is 4.77. The third-order valence-electron chi connectivity index (χ3n) is 4.24. The van der Waals surface area contributed by atoms with Crippen LogP contribution in [0.2, 0.25) is 0 Å². The van der Waals surface area contributed by atoms with Gasteiger partial charge in [-0.15, -0.1) is 11.3 Å². The summed E-state index contributed by atoms with van der Waals surface area (Å²) in [6.45, 7) is 2.10. The van der Waals surface area contributed by atoms with Crippen molar-refractivity contribution in [1.29, 1.82) is 0 Å². The molecule has 0 spiro atoms. The number of benzene rings is 2. The molecular formula is C22H20BrNO4S. The van der Waals surface area contributed by atoms with Crippen LogP contribution in [0, 0.1) is 0 Å². The first kappa shape index (κ1) is 21.1. The van der Waals surface area contributed by atoms with E-state index in [0.717, 1.165) is 11.1 Å². The van der Waals surface area contributed by atoms with Gasteiger partial charge in [-0.25, -0.2) is 4.79 Å². The van der Waals surface area contributed by atoms with Crippen molar-refractivity contribution in [2.45, 2.75) is 6.92 Å². The van der Waals surface area contributed by atoms with Crippen LogP contribution in [0.5, 0.6) is 5.75 Å². The lowest BCUT2D eigenvalue weighted by Crippen LogP contribution is -2.16. The van der Waals surface area contributed by atoms with Crippen molar-refractivity contribution in [3.63, 3.8) is 0 Å². The summed E-state index contributed by atoms with van der Waals surface area (Å²) in [5.74, 6) is 0.150. The number of carbonyl (C=O) groups excluding carboxylic acids is 2. The molecule has 0 bridgehead atoms. The topological polar surface area (TPSA) is 64.6 Å². The summed E-state index contributed by atoms with van der Waals surface area (Å²) in [6.07, 6.45) is 0. The van der Waals surface area contributed by atoms with Crippen molar-refractivity contribution in [3.05, 3.63) is 69.5 Å². The van der Waals surface area contributed by atoms with Crippen molar-refractivity contribution < 1.29 is 19.1 Å². The molecule has 0 radical (unpaired) electrons. The molecule has 150 valence electrons. The highest BCUT2D eigenvalue weighted by molar-refractivity contribution is 9.10. The van der Waals surface area contributed by atoms with Crippen molar-refractivity contribution in [1.82, 2.24) is 0 Å². The van der Waals surface area contributed by atoms with Gasteiger partial charge in [0, 0.05) is 16.5 Å². The fraction of sp³-hybridized carbons (Fsp3) is 0.182. The molecule has 2 aromatic carbocycles. The van der Waals surface area contributed by atoms with Crippen LogP contribution in [0.25, 0.3) is 11.1 Å². The van der Waals surface area contributed by atoms with Crippen LogP contribution in [0.3, 0.4) is 0 Å². The number of ether oxygens (including phenoxy) is 2. The second-order valence-corrected chi connectivity index (χ2v) is 7.80. The van der Waals surface area contributed by atoms with E-state index >= 15 is 0 Å². The van der Waals surface area contributed by atoms with Crippen LogP contribution >= 0.6 is 27.3 Å². The van der Waals surface area contributed by atoms with Gasteiger partial charge in [-0.05, 0) is 46.6 Å². The number of Topliss-reactive ketones (excluding diaryl/α,β-unsaturated/α-hetero) is 1. The second kappa shape index (κ2) is 9.71. The quantitative estimate of drug-likeness (QED) is 0.337. The van der Waals surface area contributed by atoms with Crippen molar-refractivity contribution in [2.75, 3.05) is 25.6 Å². The van der Waals surface area contributed by atoms with Crippen LogP contribution in [0.4, 0.5) is 5.00 Å². The molecule has 0 aliphatic heterocycles. The third kappa shape index (κ3) is 4.86. The zero-order chi connectivity index (χ0) is 20.8. The SMILES string of the molecule is CCOC(=O)c1c(-c2ccccc2)csc1NCC(=O)c1ccc(OC)c(Br)c1. The minimum atomic E-state index is -0.408. The molecule has 7 heteroatoms. The van der Waals surface area contributed by atoms with Crippen molar-refractivity contribution in [2.24, 2.45) is 0 Å². The Hall–Kier alpha value is -2.64. The second-order valence-electron chi connectivity index (χ2n) is 6.07. The van der Waals surface area contributed by atoms with E-state index in [1.54, 1.807) is 32.2 Å². The van der Waals surface area contributed by atoms with Gasteiger partial charge in [-0.1, -0.05) is 30.3 Å². The first-order chi connectivity index (χ1) is 14.0. The van der Waals surface area contributed by atoms with E-state index in [9.17, 15) is 9.59 Å². The highest BCUT2D eigenvalue weighted by Gasteiger charge is 2.22. The van der Waals surface area contributed by atoms with Gasteiger partial charge in [0.1, 0.15) is 16.3 Å². The van der Waals surface area contributed by atoms with E-state index in [4.69, 9.17) is 9.47 Å². The molecule has 29 heavy (non-hydrogen) atoms. The lowest BCUT2D eigenvalue weighted by atomic mass is 10.0. The number of esters is 1. The first-order valence-electron chi connectivity index (χ1n) is 8.99. The van der Waals surface area contributed by atoms with E-state index in [1.807, 2.05) is 35.7 Å². The van der Waals surface area contributed by atoms with E-state index in [1.165, 1.54) is 11.3 Å². The number of hydrogen-bond acceptors (Lipinski definition) is 6. The Morgan fingerprint density at radius 2 is 1.90 bits per heavy atom. The standard InChI is InChI=1S/C22H20BrNO4S/c1-3-28-22(26)20-16(14-7-5-4-6-8-14)13-29-21(20)24-12-18(25)15-9-10-19(27-2)17(23)11-15/h4-11,13,24H,3,12H2,1-2H3. The molecule has 1 heterocycles. The average Bonchev–Trinajstić information content (AvgIpc) is 3.17. The van der Waals surface area contributed by atoms with Crippen molar-refractivity contribution in [3.8, 4) is 16.9 Å². The molecule has 0 fully saturated rings. The Labute approximate surface area is 181 Å². The number of nitrogens with one attached hydrogen (secondary N) is 1. The van der Waals surface area contributed by atoms with Crippen LogP contribution < -0.4 is 10.1 Å². The molecule has 0 saturated heterocycles. The predicted molar refractivity (Wildman–Crippen MR) is 119 cm³/mol. The summed E-state index contributed by atoms with van der Waals surface area (Å²) in [6, 6.07) is 14.8. The number of methoxy groups -OCH3 is 1. The van der Waals surface area contributed by atoms with Crippen LogP contribution in [0.15, 0.2) is 58.4 Å². The van der Waals surface area contributed by atoms with E-state index in [2.05, 4.69) is 21.2 Å².